The van der Waals surface area contributed by atoms with Gasteiger partial charge < -0.3 is 10.6 Å². The van der Waals surface area contributed by atoms with Gasteiger partial charge in [-0.2, -0.15) is 4.31 Å². The predicted molar refractivity (Wildman–Crippen MR) is 77.6 cm³/mol. The van der Waals surface area contributed by atoms with Gasteiger partial charge in [0.15, 0.2) is 0 Å². The van der Waals surface area contributed by atoms with Crippen LogP contribution in [0.25, 0.3) is 0 Å². The van der Waals surface area contributed by atoms with Gasteiger partial charge in [0.2, 0.25) is 15.9 Å². The molecule has 1 heterocycles. The lowest BCUT2D eigenvalue weighted by atomic mass is 10.1. The fraction of sp³-hybridized carbons (Fsp3) is 0.923. The zero-order valence-electron chi connectivity index (χ0n) is 12.0. The van der Waals surface area contributed by atoms with Gasteiger partial charge in [-0.05, 0) is 18.8 Å². The molecule has 0 aromatic rings. The van der Waals surface area contributed by atoms with Crippen molar-refractivity contribution in [3.8, 4) is 0 Å². The quantitative estimate of drug-likeness (QED) is 0.748. The summed E-state index contributed by atoms with van der Waals surface area (Å²) in [4.78, 5) is 12.9. The molecule has 2 N–H and O–H groups in total. The number of rotatable bonds is 6. The number of hydrogen-bond acceptors (Lipinski definition) is 4. The van der Waals surface area contributed by atoms with E-state index in [1.54, 1.807) is 4.31 Å². The molecule has 1 amide bonds. The monoisotopic (exact) mass is 303 g/mol. The third-order valence-electron chi connectivity index (χ3n) is 4.32. The third-order valence-corrected chi connectivity index (χ3v) is 6.36. The fourth-order valence-corrected chi connectivity index (χ4v) is 4.94. The molecule has 6 nitrogen and oxygen atoms in total. The molecule has 0 aromatic carbocycles. The minimum absolute atomic E-state index is 0.304. The van der Waals surface area contributed by atoms with Gasteiger partial charge in [0.1, 0.15) is 0 Å². The van der Waals surface area contributed by atoms with Crippen molar-refractivity contribution in [2.24, 2.45) is 11.7 Å². The van der Waals surface area contributed by atoms with E-state index in [0.717, 1.165) is 12.8 Å². The van der Waals surface area contributed by atoms with Crippen molar-refractivity contribution in [1.29, 1.82) is 0 Å². The van der Waals surface area contributed by atoms with E-state index in [-0.39, 0.29) is 5.91 Å². The zero-order chi connectivity index (χ0) is 14.6. The molecule has 0 unspecified atom stereocenters. The Morgan fingerprint density at radius 3 is 2.25 bits per heavy atom. The standard InChI is InChI=1S/C13H25N3O3S/c14-13(17)5-6-15-7-9-16(10-8-15)20(18,19)11-12-3-1-2-4-12/h12H,1-11H2,(H2,14,17). The molecule has 0 spiro atoms. The second kappa shape index (κ2) is 6.87. The van der Waals surface area contributed by atoms with Crippen LogP contribution in [0.3, 0.4) is 0 Å². The SMILES string of the molecule is NC(=O)CCN1CCN(S(=O)(=O)CC2CCCC2)CC1. The molecule has 1 aliphatic heterocycles. The van der Waals surface area contributed by atoms with Crippen molar-refractivity contribution in [2.45, 2.75) is 32.1 Å². The Morgan fingerprint density at radius 1 is 1.10 bits per heavy atom. The van der Waals surface area contributed by atoms with Gasteiger partial charge in [-0.15, -0.1) is 0 Å². The van der Waals surface area contributed by atoms with Crippen LogP contribution in [-0.4, -0.2) is 62.0 Å². The van der Waals surface area contributed by atoms with Crippen LogP contribution < -0.4 is 5.73 Å². The van der Waals surface area contributed by atoms with E-state index in [4.69, 9.17) is 5.73 Å². The fourth-order valence-electron chi connectivity index (χ4n) is 3.08. The van der Waals surface area contributed by atoms with Gasteiger partial charge >= 0.3 is 0 Å². The Hall–Kier alpha value is -0.660. The van der Waals surface area contributed by atoms with Crippen molar-refractivity contribution in [1.82, 2.24) is 9.21 Å². The molecule has 1 aliphatic carbocycles. The summed E-state index contributed by atoms with van der Waals surface area (Å²) in [6.07, 6.45) is 4.78. The van der Waals surface area contributed by atoms with Crippen molar-refractivity contribution < 1.29 is 13.2 Å². The number of amides is 1. The minimum Gasteiger partial charge on any atom is -0.370 e. The number of nitrogens with two attached hydrogens (primary N) is 1. The van der Waals surface area contributed by atoms with Crippen LogP contribution in [0.4, 0.5) is 0 Å². The smallest absolute Gasteiger partial charge is 0.218 e. The summed E-state index contributed by atoms with van der Waals surface area (Å²) in [5.41, 5.74) is 5.13. The molecule has 2 aliphatic rings. The molecule has 116 valence electrons. The largest absolute Gasteiger partial charge is 0.370 e. The summed E-state index contributed by atoms with van der Waals surface area (Å²) in [5.74, 6) is 0.364. The Kier molecular flexibility index (Phi) is 5.40. The van der Waals surface area contributed by atoms with Gasteiger partial charge in [0.05, 0.1) is 5.75 Å². The van der Waals surface area contributed by atoms with Gasteiger partial charge in [-0.3, -0.25) is 4.79 Å². The molecule has 0 aromatic heterocycles. The van der Waals surface area contributed by atoms with E-state index in [1.165, 1.54) is 12.8 Å². The number of nitrogens with zero attached hydrogens (tertiary/aromatic N) is 2. The minimum atomic E-state index is -3.11. The molecule has 0 bridgehead atoms. The Balaban J connectivity index is 1.78. The summed E-state index contributed by atoms with van der Waals surface area (Å²) in [7, 11) is -3.11. The van der Waals surface area contributed by atoms with E-state index in [1.807, 2.05) is 0 Å². The number of sulfonamides is 1. The maximum absolute atomic E-state index is 12.3. The maximum Gasteiger partial charge on any atom is 0.218 e. The van der Waals surface area contributed by atoms with Crippen molar-refractivity contribution in [3.63, 3.8) is 0 Å². The van der Waals surface area contributed by atoms with Gasteiger partial charge in [0.25, 0.3) is 0 Å². The maximum atomic E-state index is 12.3. The molecule has 20 heavy (non-hydrogen) atoms. The van der Waals surface area contributed by atoms with Crippen LogP contribution in [0.1, 0.15) is 32.1 Å². The van der Waals surface area contributed by atoms with E-state index in [0.29, 0.717) is 50.8 Å². The highest BCUT2D eigenvalue weighted by atomic mass is 32.2. The van der Waals surface area contributed by atoms with Gasteiger partial charge in [0, 0.05) is 39.1 Å². The summed E-state index contributed by atoms with van der Waals surface area (Å²) in [6.45, 7) is 3.09. The van der Waals surface area contributed by atoms with Crippen molar-refractivity contribution in [3.05, 3.63) is 0 Å². The number of carbonyl (C=O) groups excluding carboxylic acids is 1. The molecule has 2 fully saturated rings. The second-order valence-corrected chi connectivity index (χ2v) is 7.90. The predicted octanol–water partition coefficient (Wildman–Crippen LogP) is -0.000600. The zero-order valence-corrected chi connectivity index (χ0v) is 12.8. The molecular weight excluding hydrogens is 278 g/mol. The van der Waals surface area contributed by atoms with E-state index < -0.39 is 10.0 Å². The van der Waals surface area contributed by atoms with Crippen LogP contribution in [0.2, 0.25) is 0 Å². The number of hydrogen-bond donors (Lipinski definition) is 1. The van der Waals surface area contributed by atoms with Gasteiger partial charge in [-0.1, -0.05) is 12.8 Å². The first-order valence-corrected chi connectivity index (χ1v) is 9.07. The first-order valence-electron chi connectivity index (χ1n) is 7.46. The molecule has 1 saturated carbocycles. The number of piperazine rings is 1. The van der Waals surface area contributed by atoms with Crippen LogP contribution in [-0.2, 0) is 14.8 Å². The summed E-state index contributed by atoms with van der Waals surface area (Å²) in [5, 5.41) is 0. The van der Waals surface area contributed by atoms with Crippen LogP contribution in [0.15, 0.2) is 0 Å². The average Bonchev–Trinajstić information content (AvgIpc) is 2.89. The van der Waals surface area contributed by atoms with E-state index in [9.17, 15) is 13.2 Å². The summed E-state index contributed by atoms with van der Waals surface area (Å²) >= 11 is 0. The third kappa shape index (κ3) is 4.43. The van der Waals surface area contributed by atoms with Crippen molar-refractivity contribution >= 4 is 15.9 Å². The second-order valence-electron chi connectivity index (χ2n) is 5.89. The number of primary amides is 1. The lowest BCUT2D eigenvalue weighted by Crippen LogP contribution is -2.50. The molecule has 0 atom stereocenters. The molecular formula is C13H25N3O3S. The molecule has 0 radical (unpaired) electrons. The summed E-state index contributed by atoms with van der Waals surface area (Å²) in [6, 6.07) is 0. The average molecular weight is 303 g/mol. The van der Waals surface area contributed by atoms with Crippen LogP contribution in [0, 0.1) is 5.92 Å². The normalized spacial score (nSPS) is 23.2. The highest BCUT2D eigenvalue weighted by Crippen LogP contribution is 2.27. The summed E-state index contributed by atoms with van der Waals surface area (Å²) < 4.78 is 26.3. The van der Waals surface area contributed by atoms with Crippen molar-refractivity contribution in [2.75, 3.05) is 38.5 Å². The first kappa shape index (κ1) is 15.7. The van der Waals surface area contributed by atoms with E-state index >= 15 is 0 Å². The Morgan fingerprint density at radius 2 is 1.70 bits per heavy atom. The molecule has 1 saturated heterocycles. The highest BCUT2D eigenvalue weighted by molar-refractivity contribution is 7.89. The molecule has 7 heteroatoms. The Labute approximate surface area is 121 Å². The lowest BCUT2D eigenvalue weighted by Gasteiger charge is -2.34. The van der Waals surface area contributed by atoms with E-state index in [2.05, 4.69) is 4.90 Å². The van der Waals surface area contributed by atoms with Gasteiger partial charge in [-0.25, -0.2) is 8.42 Å². The van der Waals surface area contributed by atoms with Crippen LogP contribution >= 0.6 is 0 Å². The van der Waals surface area contributed by atoms with Crippen LogP contribution in [0.5, 0.6) is 0 Å². The number of carbonyl (C=O) groups is 1. The highest BCUT2D eigenvalue weighted by Gasteiger charge is 2.30. The Bertz CT molecular complexity index is 424. The topological polar surface area (TPSA) is 83.7 Å². The lowest BCUT2D eigenvalue weighted by molar-refractivity contribution is -0.118. The first-order chi connectivity index (χ1) is 9.47. The molecule has 2 rings (SSSR count).